The molecule has 0 aliphatic rings. The second-order valence-electron chi connectivity index (χ2n) is 5.65. The Morgan fingerprint density at radius 3 is 2.48 bits per heavy atom. The molecule has 1 heterocycles. The second kappa shape index (κ2) is 6.24. The maximum atomic E-state index is 6.16. The van der Waals surface area contributed by atoms with E-state index < -0.39 is 0 Å². The van der Waals surface area contributed by atoms with Crippen molar-refractivity contribution in [1.29, 1.82) is 0 Å². The van der Waals surface area contributed by atoms with Crippen LogP contribution >= 0.6 is 27.5 Å². The van der Waals surface area contributed by atoms with E-state index in [0.29, 0.717) is 10.9 Å². The molecule has 1 aromatic heterocycles. The summed E-state index contributed by atoms with van der Waals surface area (Å²) in [7, 11) is 1.65. The van der Waals surface area contributed by atoms with Crippen LogP contribution in [0.3, 0.4) is 0 Å². The van der Waals surface area contributed by atoms with Crippen LogP contribution in [-0.4, -0.2) is 12.1 Å². The van der Waals surface area contributed by atoms with Crippen LogP contribution in [0.1, 0.15) is 26.3 Å². The zero-order chi connectivity index (χ0) is 15.6. The molecule has 0 spiro atoms. The van der Waals surface area contributed by atoms with Gasteiger partial charge in [-0.05, 0) is 45.6 Å². The maximum Gasteiger partial charge on any atom is 0.238 e. The number of benzene rings is 1. The molecule has 0 atom stereocenters. The molecule has 2 aromatic rings. The van der Waals surface area contributed by atoms with Crippen LogP contribution in [0.15, 0.2) is 34.9 Å². The van der Waals surface area contributed by atoms with E-state index in [1.807, 2.05) is 18.2 Å². The molecule has 0 radical (unpaired) electrons. The molecule has 0 saturated heterocycles. The Kier molecular flexibility index (Phi) is 4.79. The highest BCUT2D eigenvalue weighted by Crippen LogP contribution is 2.38. The summed E-state index contributed by atoms with van der Waals surface area (Å²) in [4.78, 5) is 4.21. The minimum Gasteiger partial charge on any atom is -0.497 e. The van der Waals surface area contributed by atoms with Gasteiger partial charge in [0.15, 0.2) is 0 Å². The average Bonchev–Trinajstić information content (AvgIpc) is 2.41. The van der Waals surface area contributed by atoms with Gasteiger partial charge in [0.05, 0.1) is 7.11 Å². The summed E-state index contributed by atoms with van der Waals surface area (Å²) >= 11 is 9.49. The molecule has 21 heavy (non-hydrogen) atoms. The summed E-state index contributed by atoms with van der Waals surface area (Å²) in [6.07, 6.45) is 1.65. The fourth-order valence-electron chi connectivity index (χ4n) is 1.89. The number of rotatable bonds is 3. The Hall–Kier alpha value is -1.26. The van der Waals surface area contributed by atoms with Gasteiger partial charge in [-0.2, -0.15) is 0 Å². The highest BCUT2D eigenvalue weighted by atomic mass is 79.9. The van der Waals surface area contributed by atoms with Crippen LogP contribution in [0, 0.1) is 0 Å². The standard InChI is InChI=1S/C16H17BrClNO2/c1-16(2,3)12-8-11(20-4)5-6-14(12)21-15-13(18)7-10(17)9-19-15/h5-9H,1-4H3. The minimum atomic E-state index is -0.0916. The smallest absolute Gasteiger partial charge is 0.238 e. The molecule has 0 N–H and O–H groups in total. The summed E-state index contributed by atoms with van der Waals surface area (Å²) in [5.41, 5.74) is 0.939. The molecular weight excluding hydrogens is 354 g/mol. The fourth-order valence-corrected chi connectivity index (χ4v) is 2.56. The molecule has 1 aromatic carbocycles. The number of nitrogens with zero attached hydrogens (tertiary/aromatic N) is 1. The number of hydrogen-bond acceptors (Lipinski definition) is 3. The molecule has 0 bridgehead atoms. The van der Waals surface area contributed by atoms with E-state index in [1.165, 1.54) is 0 Å². The van der Waals surface area contributed by atoms with E-state index in [2.05, 4.69) is 41.7 Å². The highest BCUT2D eigenvalue weighted by Gasteiger charge is 2.21. The molecule has 2 rings (SSSR count). The molecule has 3 nitrogen and oxygen atoms in total. The Balaban J connectivity index is 2.44. The number of pyridine rings is 1. The minimum absolute atomic E-state index is 0.0916. The number of methoxy groups -OCH3 is 1. The van der Waals surface area contributed by atoms with Crippen LogP contribution < -0.4 is 9.47 Å². The fraction of sp³-hybridized carbons (Fsp3) is 0.312. The van der Waals surface area contributed by atoms with Crippen molar-refractivity contribution >= 4 is 27.5 Å². The molecule has 5 heteroatoms. The molecule has 0 amide bonds. The van der Waals surface area contributed by atoms with Crippen molar-refractivity contribution in [2.75, 3.05) is 7.11 Å². The third-order valence-corrected chi connectivity index (χ3v) is 3.68. The second-order valence-corrected chi connectivity index (χ2v) is 6.98. The van der Waals surface area contributed by atoms with Gasteiger partial charge < -0.3 is 9.47 Å². The molecule has 0 unspecified atom stereocenters. The molecule has 0 fully saturated rings. The van der Waals surface area contributed by atoms with Gasteiger partial charge in [0.2, 0.25) is 5.88 Å². The van der Waals surface area contributed by atoms with E-state index >= 15 is 0 Å². The highest BCUT2D eigenvalue weighted by molar-refractivity contribution is 9.10. The number of aromatic nitrogens is 1. The van der Waals surface area contributed by atoms with Gasteiger partial charge in [-0.25, -0.2) is 4.98 Å². The zero-order valence-electron chi connectivity index (χ0n) is 12.4. The topological polar surface area (TPSA) is 31.4 Å². The van der Waals surface area contributed by atoms with Gasteiger partial charge in [-0.3, -0.25) is 0 Å². The van der Waals surface area contributed by atoms with E-state index in [9.17, 15) is 0 Å². The summed E-state index contributed by atoms with van der Waals surface area (Å²) in [5.74, 6) is 1.90. The lowest BCUT2D eigenvalue weighted by Crippen LogP contribution is -2.13. The molecule has 0 saturated carbocycles. The Labute approximate surface area is 138 Å². The van der Waals surface area contributed by atoms with Gasteiger partial charge in [-0.1, -0.05) is 32.4 Å². The van der Waals surface area contributed by atoms with Gasteiger partial charge in [0.25, 0.3) is 0 Å². The van der Waals surface area contributed by atoms with Crippen molar-refractivity contribution in [1.82, 2.24) is 4.98 Å². The summed E-state index contributed by atoms with van der Waals surface area (Å²) in [6, 6.07) is 7.46. The van der Waals surface area contributed by atoms with Crippen LogP contribution in [0.25, 0.3) is 0 Å². The summed E-state index contributed by atoms with van der Waals surface area (Å²) < 4.78 is 12.0. The first-order chi connectivity index (χ1) is 9.81. The van der Waals surface area contributed by atoms with Gasteiger partial charge in [0, 0.05) is 16.2 Å². The first-order valence-electron chi connectivity index (χ1n) is 6.48. The molecule has 112 valence electrons. The lowest BCUT2D eigenvalue weighted by molar-refractivity contribution is 0.405. The Morgan fingerprint density at radius 2 is 1.90 bits per heavy atom. The maximum absolute atomic E-state index is 6.16. The quantitative estimate of drug-likeness (QED) is 0.705. The van der Waals surface area contributed by atoms with E-state index in [1.54, 1.807) is 19.4 Å². The first kappa shape index (κ1) is 16.1. The Morgan fingerprint density at radius 1 is 1.19 bits per heavy atom. The van der Waals surface area contributed by atoms with Crippen molar-refractivity contribution in [3.63, 3.8) is 0 Å². The van der Waals surface area contributed by atoms with Crippen molar-refractivity contribution in [2.24, 2.45) is 0 Å². The zero-order valence-corrected chi connectivity index (χ0v) is 14.7. The van der Waals surface area contributed by atoms with Crippen LogP contribution in [0.2, 0.25) is 5.02 Å². The number of ether oxygens (including phenoxy) is 2. The monoisotopic (exact) mass is 369 g/mol. The third kappa shape index (κ3) is 3.89. The van der Waals surface area contributed by atoms with Crippen molar-refractivity contribution in [2.45, 2.75) is 26.2 Å². The molecule has 0 aliphatic heterocycles. The molecule has 0 aliphatic carbocycles. The predicted molar refractivity (Wildman–Crippen MR) is 88.7 cm³/mol. The lowest BCUT2D eigenvalue weighted by atomic mass is 9.86. The summed E-state index contributed by atoms with van der Waals surface area (Å²) in [5, 5.41) is 0.458. The number of halogens is 2. The summed E-state index contributed by atoms with van der Waals surface area (Å²) in [6.45, 7) is 6.35. The van der Waals surface area contributed by atoms with Crippen molar-refractivity contribution in [3.05, 3.63) is 45.5 Å². The van der Waals surface area contributed by atoms with Crippen LogP contribution in [0.5, 0.6) is 17.4 Å². The van der Waals surface area contributed by atoms with Gasteiger partial charge in [0.1, 0.15) is 16.5 Å². The normalized spacial score (nSPS) is 11.3. The van der Waals surface area contributed by atoms with Crippen LogP contribution in [0.4, 0.5) is 0 Å². The van der Waals surface area contributed by atoms with Crippen molar-refractivity contribution in [3.8, 4) is 17.4 Å². The Bertz CT molecular complexity index is 653. The largest absolute Gasteiger partial charge is 0.497 e. The van der Waals surface area contributed by atoms with Gasteiger partial charge >= 0.3 is 0 Å². The van der Waals surface area contributed by atoms with Crippen LogP contribution in [-0.2, 0) is 5.41 Å². The predicted octanol–water partition coefficient (Wildman–Crippen LogP) is 5.60. The SMILES string of the molecule is COc1ccc(Oc2ncc(Br)cc2Cl)c(C(C)(C)C)c1. The van der Waals surface area contributed by atoms with Crippen molar-refractivity contribution < 1.29 is 9.47 Å². The van der Waals surface area contributed by atoms with E-state index in [4.69, 9.17) is 21.1 Å². The average molecular weight is 371 g/mol. The third-order valence-electron chi connectivity index (χ3n) is 2.98. The first-order valence-corrected chi connectivity index (χ1v) is 7.66. The number of hydrogen-bond donors (Lipinski definition) is 0. The van der Waals surface area contributed by atoms with Gasteiger partial charge in [-0.15, -0.1) is 0 Å². The lowest BCUT2D eigenvalue weighted by Gasteiger charge is -2.23. The van der Waals surface area contributed by atoms with E-state index in [-0.39, 0.29) is 5.41 Å². The van der Waals surface area contributed by atoms with E-state index in [0.717, 1.165) is 21.5 Å². The molecular formula is C16H17BrClNO2.